The van der Waals surface area contributed by atoms with Crippen LogP contribution in [0, 0.1) is 23.7 Å². The van der Waals surface area contributed by atoms with Gasteiger partial charge in [-0.1, -0.05) is 47.0 Å². The first-order valence-corrected chi connectivity index (χ1v) is 6.19. The lowest BCUT2D eigenvalue weighted by Gasteiger charge is -2.42. The fraction of sp³-hybridized carbons (Fsp3) is 1.00. The summed E-state index contributed by atoms with van der Waals surface area (Å²) in [5.74, 6) is 4.06. The monoisotopic (exact) mass is 182 g/mol. The molecule has 78 valence electrons. The van der Waals surface area contributed by atoms with Crippen LogP contribution in [-0.2, 0) is 0 Å². The van der Waals surface area contributed by atoms with Crippen molar-refractivity contribution < 1.29 is 0 Å². The van der Waals surface area contributed by atoms with Crippen LogP contribution < -0.4 is 0 Å². The molecule has 0 radical (unpaired) electrons. The van der Waals surface area contributed by atoms with Gasteiger partial charge in [-0.25, -0.2) is 0 Å². The van der Waals surface area contributed by atoms with Crippen LogP contribution >= 0.6 is 0 Å². The van der Waals surface area contributed by atoms with E-state index in [2.05, 4.69) is 27.7 Å². The van der Waals surface area contributed by atoms with E-state index in [0.717, 1.165) is 23.7 Å². The average Bonchev–Trinajstić information content (AvgIpc) is 2.00. The van der Waals surface area contributed by atoms with Gasteiger partial charge in [0.25, 0.3) is 0 Å². The van der Waals surface area contributed by atoms with Gasteiger partial charge in [-0.3, -0.25) is 0 Å². The maximum Gasteiger partial charge on any atom is -0.0365 e. The van der Waals surface area contributed by atoms with Crippen LogP contribution in [0.2, 0.25) is 0 Å². The second kappa shape index (κ2) is 5.02. The molecule has 1 saturated carbocycles. The van der Waals surface area contributed by atoms with Gasteiger partial charge in [0, 0.05) is 0 Å². The highest BCUT2D eigenvalue weighted by Gasteiger charge is 2.34. The molecule has 1 atom stereocenters. The van der Waals surface area contributed by atoms with Crippen LogP contribution in [0.1, 0.15) is 59.8 Å². The molecule has 0 amide bonds. The van der Waals surface area contributed by atoms with Gasteiger partial charge in [0.1, 0.15) is 0 Å². The van der Waals surface area contributed by atoms with E-state index in [9.17, 15) is 0 Å². The Bertz CT molecular complexity index is 131. The molecule has 1 rings (SSSR count). The van der Waals surface area contributed by atoms with Crippen molar-refractivity contribution in [3.63, 3.8) is 0 Å². The summed E-state index contributed by atoms with van der Waals surface area (Å²) >= 11 is 0. The zero-order valence-electron chi connectivity index (χ0n) is 9.84. The highest BCUT2D eigenvalue weighted by Crippen LogP contribution is 2.44. The summed E-state index contributed by atoms with van der Waals surface area (Å²) in [4.78, 5) is 0. The van der Waals surface area contributed by atoms with Gasteiger partial charge < -0.3 is 0 Å². The summed E-state index contributed by atoms with van der Waals surface area (Å²) in [6.07, 6.45) is 7.32. The van der Waals surface area contributed by atoms with Crippen molar-refractivity contribution in [2.75, 3.05) is 0 Å². The summed E-state index contributed by atoms with van der Waals surface area (Å²) in [6, 6.07) is 0. The van der Waals surface area contributed by atoms with E-state index in [1.807, 2.05) is 0 Å². The molecule has 0 aromatic heterocycles. The normalized spacial score (nSPS) is 30.2. The predicted octanol–water partition coefficient (Wildman–Crippen LogP) is 4.49. The summed E-state index contributed by atoms with van der Waals surface area (Å²) in [5, 5.41) is 0. The third-order valence-electron chi connectivity index (χ3n) is 3.90. The van der Waals surface area contributed by atoms with Gasteiger partial charge in [-0.05, 0) is 36.5 Å². The Labute approximate surface area is 84.1 Å². The van der Waals surface area contributed by atoms with Crippen LogP contribution in [0.15, 0.2) is 0 Å². The van der Waals surface area contributed by atoms with Crippen molar-refractivity contribution in [1.29, 1.82) is 0 Å². The molecule has 0 saturated heterocycles. The molecule has 0 spiro atoms. The van der Waals surface area contributed by atoms with Crippen LogP contribution in [0.4, 0.5) is 0 Å². The lowest BCUT2D eigenvalue weighted by molar-refractivity contribution is 0.0858. The topological polar surface area (TPSA) is 0 Å². The molecule has 13 heavy (non-hydrogen) atoms. The molecular formula is C13H26. The van der Waals surface area contributed by atoms with Crippen LogP contribution in [0.5, 0.6) is 0 Å². The van der Waals surface area contributed by atoms with E-state index in [1.165, 1.54) is 32.1 Å². The molecule has 0 aromatic rings. The second-order valence-corrected chi connectivity index (χ2v) is 5.20. The molecule has 0 aliphatic heterocycles. The summed E-state index contributed by atoms with van der Waals surface area (Å²) in [7, 11) is 0. The van der Waals surface area contributed by atoms with Gasteiger partial charge in [-0.15, -0.1) is 0 Å². The molecule has 1 aliphatic carbocycles. The van der Waals surface area contributed by atoms with Crippen LogP contribution in [0.3, 0.4) is 0 Å². The van der Waals surface area contributed by atoms with E-state index in [4.69, 9.17) is 0 Å². The largest absolute Gasteiger partial charge is 0.0654 e. The van der Waals surface area contributed by atoms with Gasteiger partial charge in [0.05, 0.1) is 0 Å². The fourth-order valence-corrected chi connectivity index (χ4v) is 3.13. The third-order valence-corrected chi connectivity index (χ3v) is 3.90. The highest BCUT2D eigenvalue weighted by molar-refractivity contribution is 4.84. The summed E-state index contributed by atoms with van der Waals surface area (Å²) < 4.78 is 0. The first-order valence-electron chi connectivity index (χ1n) is 6.19. The SMILES string of the molecule is CCCC1CC(C(CC)C(C)C)C1. The zero-order valence-corrected chi connectivity index (χ0v) is 9.84. The van der Waals surface area contributed by atoms with Crippen LogP contribution in [0.25, 0.3) is 0 Å². The highest BCUT2D eigenvalue weighted by atomic mass is 14.4. The Balaban J connectivity index is 2.24. The minimum Gasteiger partial charge on any atom is -0.0654 e. The predicted molar refractivity (Wildman–Crippen MR) is 59.7 cm³/mol. The van der Waals surface area contributed by atoms with Crippen molar-refractivity contribution in [2.45, 2.75) is 59.8 Å². The van der Waals surface area contributed by atoms with Crippen molar-refractivity contribution in [2.24, 2.45) is 23.7 Å². The van der Waals surface area contributed by atoms with Crippen molar-refractivity contribution in [3.05, 3.63) is 0 Å². The summed E-state index contributed by atoms with van der Waals surface area (Å²) in [6.45, 7) is 9.45. The molecule has 0 heteroatoms. The molecule has 0 heterocycles. The molecular weight excluding hydrogens is 156 g/mol. The Morgan fingerprint density at radius 3 is 2.15 bits per heavy atom. The first-order chi connectivity index (χ1) is 6.19. The zero-order chi connectivity index (χ0) is 9.84. The van der Waals surface area contributed by atoms with E-state index in [-0.39, 0.29) is 0 Å². The quantitative estimate of drug-likeness (QED) is 0.587. The lowest BCUT2D eigenvalue weighted by atomic mass is 9.64. The minimum absolute atomic E-state index is 0.901. The Kier molecular flexibility index (Phi) is 4.28. The maximum atomic E-state index is 2.39. The maximum absolute atomic E-state index is 2.39. The van der Waals surface area contributed by atoms with Crippen LogP contribution in [-0.4, -0.2) is 0 Å². The minimum atomic E-state index is 0.901. The van der Waals surface area contributed by atoms with Gasteiger partial charge in [-0.2, -0.15) is 0 Å². The number of hydrogen-bond acceptors (Lipinski definition) is 0. The van der Waals surface area contributed by atoms with Crippen molar-refractivity contribution >= 4 is 0 Å². The second-order valence-electron chi connectivity index (χ2n) is 5.20. The van der Waals surface area contributed by atoms with E-state index < -0.39 is 0 Å². The van der Waals surface area contributed by atoms with Gasteiger partial charge in [0.2, 0.25) is 0 Å². The average molecular weight is 182 g/mol. The lowest BCUT2D eigenvalue weighted by Crippen LogP contribution is -2.32. The molecule has 0 nitrogen and oxygen atoms in total. The van der Waals surface area contributed by atoms with E-state index in [0.29, 0.717) is 0 Å². The van der Waals surface area contributed by atoms with Crippen molar-refractivity contribution in [1.82, 2.24) is 0 Å². The van der Waals surface area contributed by atoms with E-state index in [1.54, 1.807) is 0 Å². The van der Waals surface area contributed by atoms with Crippen molar-refractivity contribution in [3.8, 4) is 0 Å². The Morgan fingerprint density at radius 1 is 1.15 bits per heavy atom. The van der Waals surface area contributed by atoms with E-state index >= 15 is 0 Å². The molecule has 1 unspecified atom stereocenters. The fourth-order valence-electron chi connectivity index (χ4n) is 3.13. The number of hydrogen-bond donors (Lipinski definition) is 0. The molecule has 1 aliphatic rings. The van der Waals surface area contributed by atoms with Gasteiger partial charge in [0.15, 0.2) is 0 Å². The smallest absolute Gasteiger partial charge is 0.0365 e. The Hall–Kier alpha value is 0. The third kappa shape index (κ3) is 2.72. The molecule has 0 N–H and O–H groups in total. The Morgan fingerprint density at radius 2 is 1.77 bits per heavy atom. The summed E-state index contributed by atoms with van der Waals surface area (Å²) in [5.41, 5.74) is 0. The molecule has 1 fully saturated rings. The standard InChI is InChI=1S/C13H26/c1-5-7-11-8-12(9-11)13(6-2)10(3)4/h10-13H,5-9H2,1-4H3. The van der Waals surface area contributed by atoms with Gasteiger partial charge >= 0.3 is 0 Å². The molecule has 0 bridgehead atoms. The number of rotatable bonds is 5. The molecule has 0 aromatic carbocycles. The first kappa shape index (κ1) is 11.1.